The first-order chi connectivity index (χ1) is 18.7. The second-order valence-corrected chi connectivity index (χ2v) is 9.36. The van der Waals surface area contributed by atoms with Crippen molar-refractivity contribution in [2.45, 2.75) is 6.42 Å². The van der Waals surface area contributed by atoms with Crippen LogP contribution in [0.4, 0.5) is 5.69 Å². The van der Waals surface area contributed by atoms with E-state index in [1.165, 1.54) is 66.6 Å². The second-order valence-electron chi connectivity index (χ2n) is 8.51. The number of halogens is 2. The number of Topliss-reactive ketones (excluding diaryl/α,β-unsaturated/α-hetero) is 1. The number of hydrogen-bond acceptors (Lipinski definition) is 8. The van der Waals surface area contributed by atoms with Crippen molar-refractivity contribution in [2.75, 3.05) is 25.2 Å². The quantitative estimate of drug-likeness (QED) is 0.216. The standard InChI is InChI=1S/C28H21Cl2NO8/c1-37-26(34)17-2-7-20(8-3-17)31-14-18(12-25(31)33)27(35)38-15-24(32)16-4-9-21(10-5-16)39-28(36)22-11-6-19(29)13-23(22)30/h2-11,13,18H,12,14-15H2,1H3/t18-/m0/s1. The van der Waals surface area contributed by atoms with Crippen molar-refractivity contribution in [3.63, 3.8) is 0 Å². The maximum absolute atomic E-state index is 12.6. The van der Waals surface area contributed by atoms with Crippen LogP contribution in [0.5, 0.6) is 5.75 Å². The van der Waals surface area contributed by atoms with E-state index in [1.807, 2.05) is 0 Å². The Morgan fingerprint density at radius 1 is 0.897 bits per heavy atom. The molecule has 0 saturated carbocycles. The summed E-state index contributed by atoms with van der Waals surface area (Å²) in [4.78, 5) is 62.9. The zero-order valence-electron chi connectivity index (χ0n) is 20.5. The van der Waals surface area contributed by atoms with Gasteiger partial charge in [0.25, 0.3) is 0 Å². The molecule has 0 aromatic heterocycles. The molecule has 1 amide bonds. The summed E-state index contributed by atoms with van der Waals surface area (Å²) in [5.74, 6) is -3.17. The first-order valence-corrected chi connectivity index (χ1v) is 12.4. The van der Waals surface area contributed by atoms with Gasteiger partial charge in [0.05, 0.1) is 29.2 Å². The van der Waals surface area contributed by atoms with E-state index in [4.69, 9.17) is 32.7 Å². The number of esters is 3. The van der Waals surface area contributed by atoms with Gasteiger partial charge < -0.3 is 19.1 Å². The summed E-state index contributed by atoms with van der Waals surface area (Å²) in [5.41, 5.74) is 1.23. The number of amides is 1. The van der Waals surface area contributed by atoms with E-state index in [9.17, 15) is 24.0 Å². The fourth-order valence-electron chi connectivity index (χ4n) is 3.87. The monoisotopic (exact) mass is 569 g/mol. The van der Waals surface area contributed by atoms with Gasteiger partial charge in [0.2, 0.25) is 5.91 Å². The van der Waals surface area contributed by atoms with Gasteiger partial charge in [-0.3, -0.25) is 14.4 Å². The van der Waals surface area contributed by atoms with Crippen LogP contribution in [0.25, 0.3) is 0 Å². The van der Waals surface area contributed by atoms with Crippen molar-refractivity contribution in [2.24, 2.45) is 5.92 Å². The van der Waals surface area contributed by atoms with E-state index in [1.54, 1.807) is 12.1 Å². The second kappa shape index (κ2) is 12.1. The first kappa shape index (κ1) is 27.8. The minimum Gasteiger partial charge on any atom is -0.465 e. The molecule has 4 rings (SSSR count). The van der Waals surface area contributed by atoms with Crippen molar-refractivity contribution < 1.29 is 38.2 Å². The Balaban J connectivity index is 1.29. The molecule has 0 radical (unpaired) electrons. The van der Waals surface area contributed by atoms with Crippen molar-refractivity contribution in [1.29, 1.82) is 0 Å². The molecule has 1 atom stereocenters. The molecule has 0 N–H and O–H groups in total. The Labute approximate surface area is 233 Å². The van der Waals surface area contributed by atoms with Gasteiger partial charge in [-0.2, -0.15) is 0 Å². The van der Waals surface area contributed by atoms with E-state index >= 15 is 0 Å². The number of carbonyl (C=O) groups excluding carboxylic acids is 5. The maximum Gasteiger partial charge on any atom is 0.345 e. The predicted octanol–water partition coefficient (Wildman–Crippen LogP) is 4.78. The van der Waals surface area contributed by atoms with Gasteiger partial charge in [0.1, 0.15) is 5.75 Å². The Morgan fingerprint density at radius 2 is 1.56 bits per heavy atom. The Morgan fingerprint density at radius 3 is 2.21 bits per heavy atom. The van der Waals surface area contributed by atoms with Crippen LogP contribution in [0, 0.1) is 5.92 Å². The van der Waals surface area contributed by atoms with Crippen LogP contribution >= 0.6 is 23.2 Å². The number of nitrogens with zero attached hydrogens (tertiary/aromatic N) is 1. The minimum absolute atomic E-state index is 0.0660. The number of benzene rings is 3. The predicted molar refractivity (Wildman–Crippen MR) is 141 cm³/mol. The molecule has 1 saturated heterocycles. The molecule has 1 heterocycles. The number of ketones is 1. The number of hydrogen-bond donors (Lipinski definition) is 0. The number of rotatable bonds is 8. The Hall–Kier alpha value is -4.21. The van der Waals surface area contributed by atoms with Gasteiger partial charge in [-0.25, -0.2) is 9.59 Å². The van der Waals surface area contributed by atoms with Crippen LogP contribution in [0.1, 0.15) is 37.5 Å². The molecule has 39 heavy (non-hydrogen) atoms. The topological polar surface area (TPSA) is 116 Å². The molecule has 0 bridgehead atoms. The largest absolute Gasteiger partial charge is 0.465 e. The van der Waals surface area contributed by atoms with E-state index in [0.717, 1.165) is 0 Å². The highest BCUT2D eigenvalue weighted by Gasteiger charge is 2.36. The first-order valence-electron chi connectivity index (χ1n) is 11.6. The zero-order chi connectivity index (χ0) is 28.1. The van der Waals surface area contributed by atoms with Gasteiger partial charge in [0, 0.05) is 29.2 Å². The van der Waals surface area contributed by atoms with Crippen molar-refractivity contribution in [1.82, 2.24) is 0 Å². The fraction of sp³-hybridized carbons (Fsp3) is 0.179. The van der Waals surface area contributed by atoms with Crippen LogP contribution in [-0.4, -0.2) is 49.9 Å². The molecule has 3 aromatic carbocycles. The lowest BCUT2D eigenvalue weighted by molar-refractivity contribution is -0.147. The summed E-state index contributed by atoms with van der Waals surface area (Å²) in [6.07, 6.45) is -0.0660. The molecule has 0 aliphatic carbocycles. The number of anilines is 1. The Kier molecular flexibility index (Phi) is 8.63. The van der Waals surface area contributed by atoms with Gasteiger partial charge in [-0.05, 0) is 66.7 Å². The molecular weight excluding hydrogens is 549 g/mol. The molecular formula is C28H21Cl2NO8. The van der Waals surface area contributed by atoms with Gasteiger partial charge in [-0.1, -0.05) is 23.2 Å². The molecule has 0 spiro atoms. The highest BCUT2D eigenvalue weighted by molar-refractivity contribution is 6.36. The normalized spacial score (nSPS) is 14.6. The highest BCUT2D eigenvalue weighted by atomic mass is 35.5. The van der Waals surface area contributed by atoms with Crippen LogP contribution in [0.2, 0.25) is 10.0 Å². The molecule has 200 valence electrons. The summed E-state index contributed by atoms with van der Waals surface area (Å²) in [6.45, 7) is -0.433. The molecule has 3 aromatic rings. The van der Waals surface area contributed by atoms with Crippen molar-refractivity contribution in [3.05, 3.63) is 93.5 Å². The molecule has 11 heteroatoms. The van der Waals surface area contributed by atoms with Crippen LogP contribution in [-0.2, 0) is 19.1 Å². The molecule has 9 nitrogen and oxygen atoms in total. The number of ether oxygens (including phenoxy) is 3. The third-order valence-electron chi connectivity index (χ3n) is 5.94. The number of carbonyl (C=O) groups is 5. The lowest BCUT2D eigenvalue weighted by atomic mass is 10.1. The van der Waals surface area contributed by atoms with Crippen LogP contribution < -0.4 is 9.64 Å². The van der Waals surface area contributed by atoms with E-state index in [0.29, 0.717) is 16.3 Å². The zero-order valence-corrected chi connectivity index (χ0v) is 22.0. The molecule has 1 aliphatic heterocycles. The summed E-state index contributed by atoms with van der Waals surface area (Å²) < 4.78 is 15.1. The SMILES string of the molecule is COC(=O)c1ccc(N2C[C@@H](C(=O)OCC(=O)c3ccc(OC(=O)c4ccc(Cl)cc4Cl)cc3)CC2=O)cc1. The molecule has 1 fully saturated rings. The lowest BCUT2D eigenvalue weighted by Gasteiger charge is -2.16. The number of methoxy groups -OCH3 is 1. The van der Waals surface area contributed by atoms with E-state index in [2.05, 4.69) is 4.74 Å². The van der Waals surface area contributed by atoms with Crippen molar-refractivity contribution >= 4 is 58.5 Å². The summed E-state index contributed by atoms with van der Waals surface area (Å²) in [6, 6.07) is 16.3. The van der Waals surface area contributed by atoms with Crippen molar-refractivity contribution in [3.8, 4) is 5.75 Å². The molecule has 1 aliphatic rings. The maximum atomic E-state index is 12.6. The smallest absolute Gasteiger partial charge is 0.345 e. The van der Waals surface area contributed by atoms with Crippen LogP contribution in [0.15, 0.2) is 66.7 Å². The third-order valence-corrected chi connectivity index (χ3v) is 6.49. The molecule has 0 unspecified atom stereocenters. The van der Waals surface area contributed by atoms with Gasteiger partial charge in [0.15, 0.2) is 12.4 Å². The minimum atomic E-state index is -0.743. The third kappa shape index (κ3) is 6.63. The summed E-state index contributed by atoms with van der Waals surface area (Å²) >= 11 is 11.9. The van der Waals surface area contributed by atoms with Gasteiger partial charge >= 0.3 is 17.9 Å². The van der Waals surface area contributed by atoms with Crippen LogP contribution in [0.3, 0.4) is 0 Å². The highest BCUT2D eigenvalue weighted by Crippen LogP contribution is 2.27. The van der Waals surface area contributed by atoms with E-state index in [-0.39, 0.29) is 40.8 Å². The summed E-state index contributed by atoms with van der Waals surface area (Å²) in [5, 5.41) is 0.522. The lowest BCUT2D eigenvalue weighted by Crippen LogP contribution is -2.27. The average Bonchev–Trinajstić information content (AvgIpc) is 3.33. The van der Waals surface area contributed by atoms with E-state index < -0.39 is 36.2 Å². The average molecular weight is 570 g/mol. The fourth-order valence-corrected chi connectivity index (χ4v) is 4.36. The summed E-state index contributed by atoms with van der Waals surface area (Å²) in [7, 11) is 1.27. The van der Waals surface area contributed by atoms with Gasteiger partial charge in [-0.15, -0.1) is 0 Å². The Bertz CT molecular complexity index is 1440.